The van der Waals surface area contributed by atoms with E-state index in [1.54, 1.807) is 12.1 Å². The van der Waals surface area contributed by atoms with E-state index in [0.29, 0.717) is 6.42 Å². The summed E-state index contributed by atoms with van der Waals surface area (Å²) < 4.78 is 4.53. The van der Waals surface area contributed by atoms with Crippen LogP contribution in [-0.4, -0.2) is 13.1 Å². The average molecular weight is 174 g/mol. The molecular formula is C11H10O2. The van der Waals surface area contributed by atoms with E-state index in [4.69, 9.17) is 6.42 Å². The van der Waals surface area contributed by atoms with Gasteiger partial charge in [-0.15, -0.1) is 6.42 Å². The van der Waals surface area contributed by atoms with E-state index in [9.17, 15) is 4.79 Å². The van der Waals surface area contributed by atoms with Crippen molar-refractivity contribution in [3.8, 4) is 12.3 Å². The number of terminal acetylenes is 1. The highest BCUT2D eigenvalue weighted by Crippen LogP contribution is 2.04. The van der Waals surface area contributed by atoms with Gasteiger partial charge in [-0.2, -0.15) is 0 Å². The quantitative estimate of drug-likeness (QED) is 0.500. The number of carbonyl (C=O) groups excluding carboxylic acids is 1. The number of hydrogen-bond donors (Lipinski definition) is 0. The Morgan fingerprint density at radius 3 is 2.54 bits per heavy atom. The molecule has 0 heterocycles. The van der Waals surface area contributed by atoms with Crippen molar-refractivity contribution in [2.24, 2.45) is 0 Å². The van der Waals surface area contributed by atoms with E-state index in [1.807, 2.05) is 12.1 Å². The van der Waals surface area contributed by atoms with Crippen LogP contribution in [0.2, 0.25) is 0 Å². The Kier molecular flexibility index (Phi) is 3.10. The first-order valence-corrected chi connectivity index (χ1v) is 3.88. The van der Waals surface area contributed by atoms with E-state index < -0.39 is 0 Å². The van der Waals surface area contributed by atoms with Crippen molar-refractivity contribution in [1.82, 2.24) is 0 Å². The molecule has 1 rings (SSSR count). The minimum Gasteiger partial charge on any atom is -0.469 e. The highest BCUT2D eigenvalue weighted by molar-refractivity contribution is 5.72. The summed E-state index contributed by atoms with van der Waals surface area (Å²) >= 11 is 0. The number of carbonyl (C=O) groups is 1. The lowest BCUT2D eigenvalue weighted by molar-refractivity contribution is -0.139. The second-order valence-corrected chi connectivity index (χ2v) is 2.59. The van der Waals surface area contributed by atoms with Crippen LogP contribution < -0.4 is 0 Å². The number of benzene rings is 1. The number of ether oxygens (including phenoxy) is 1. The largest absolute Gasteiger partial charge is 0.469 e. The first kappa shape index (κ1) is 9.34. The lowest BCUT2D eigenvalue weighted by Crippen LogP contribution is -2.04. The first-order chi connectivity index (χ1) is 6.26. The molecule has 0 unspecified atom stereocenters. The van der Waals surface area contributed by atoms with Gasteiger partial charge in [0.05, 0.1) is 13.5 Å². The van der Waals surface area contributed by atoms with Gasteiger partial charge in [-0.25, -0.2) is 0 Å². The van der Waals surface area contributed by atoms with Crippen LogP contribution in [0.3, 0.4) is 0 Å². The van der Waals surface area contributed by atoms with E-state index in [0.717, 1.165) is 11.1 Å². The third-order valence-corrected chi connectivity index (χ3v) is 1.70. The first-order valence-electron chi connectivity index (χ1n) is 3.88. The van der Waals surface area contributed by atoms with Crippen molar-refractivity contribution >= 4 is 5.97 Å². The molecule has 2 heteroatoms. The average Bonchev–Trinajstić information content (AvgIpc) is 2.19. The molecule has 0 fully saturated rings. The minimum atomic E-state index is -0.242. The van der Waals surface area contributed by atoms with E-state index in [-0.39, 0.29) is 5.97 Å². The zero-order valence-electron chi connectivity index (χ0n) is 7.41. The fraction of sp³-hybridized carbons (Fsp3) is 0.182. The Hall–Kier alpha value is -1.75. The molecule has 0 aliphatic heterocycles. The molecular weight excluding hydrogens is 164 g/mol. The molecule has 0 saturated heterocycles. The maximum absolute atomic E-state index is 10.9. The molecule has 0 spiro atoms. The van der Waals surface area contributed by atoms with Crippen molar-refractivity contribution in [3.63, 3.8) is 0 Å². The van der Waals surface area contributed by atoms with Gasteiger partial charge in [0.15, 0.2) is 0 Å². The fourth-order valence-electron chi connectivity index (χ4n) is 0.958. The molecule has 0 saturated carbocycles. The Morgan fingerprint density at radius 1 is 1.46 bits per heavy atom. The number of methoxy groups -OCH3 is 1. The highest BCUT2D eigenvalue weighted by Gasteiger charge is 2.01. The van der Waals surface area contributed by atoms with Crippen LogP contribution in [0.5, 0.6) is 0 Å². The van der Waals surface area contributed by atoms with Gasteiger partial charge in [0.25, 0.3) is 0 Å². The summed E-state index contributed by atoms with van der Waals surface area (Å²) in [5, 5.41) is 0. The molecule has 1 aromatic rings. The standard InChI is InChI=1S/C11H10O2/c1-3-9-4-6-10(7-5-9)8-11(12)13-2/h1,4-7H,8H2,2H3. The van der Waals surface area contributed by atoms with Crippen molar-refractivity contribution in [1.29, 1.82) is 0 Å². The van der Waals surface area contributed by atoms with Crippen molar-refractivity contribution in [2.75, 3.05) is 7.11 Å². The predicted molar refractivity (Wildman–Crippen MR) is 50.1 cm³/mol. The van der Waals surface area contributed by atoms with Gasteiger partial charge in [0.2, 0.25) is 0 Å². The zero-order valence-corrected chi connectivity index (χ0v) is 7.41. The molecule has 1 aromatic carbocycles. The summed E-state index contributed by atoms with van der Waals surface area (Å²) in [6.07, 6.45) is 5.48. The van der Waals surface area contributed by atoms with E-state index >= 15 is 0 Å². The Balaban J connectivity index is 2.71. The molecule has 0 amide bonds. The van der Waals surface area contributed by atoms with Crippen LogP contribution in [0.15, 0.2) is 24.3 Å². The third kappa shape index (κ3) is 2.64. The lowest BCUT2D eigenvalue weighted by atomic mass is 10.1. The lowest BCUT2D eigenvalue weighted by Gasteiger charge is -1.99. The van der Waals surface area contributed by atoms with Gasteiger partial charge in [-0.1, -0.05) is 18.1 Å². The summed E-state index contributed by atoms with van der Waals surface area (Å²) in [6.45, 7) is 0. The highest BCUT2D eigenvalue weighted by atomic mass is 16.5. The second kappa shape index (κ2) is 4.32. The molecule has 2 nitrogen and oxygen atoms in total. The van der Waals surface area contributed by atoms with Crippen molar-refractivity contribution < 1.29 is 9.53 Å². The van der Waals surface area contributed by atoms with E-state index in [2.05, 4.69) is 10.7 Å². The van der Waals surface area contributed by atoms with Gasteiger partial charge >= 0.3 is 5.97 Å². The van der Waals surface area contributed by atoms with Crippen LogP contribution in [-0.2, 0) is 16.0 Å². The van der Waals surface area contributed by atoms with Crippen LogP contribution >= 0.6 is 0 Å². The van der Waals surface area contributed by atoms with E-state index in [1.165, 1.54) is 7.11 Å². The Labute approximate surface area is 77.5 Å². The minimum absolute atomic E-state index is 0.242. The molecule has 13 heavy (non-hydrogen) atoms. The molecule has 0 aromatic heterocycles. The predicted octanol–water partition coefficient (Wildman–Crippen LogP) is 1.38. The second-order valence-electron chi connectivity index (χ2n) is 2.59. The number of esters is 1. The van der Waals surface area contributed by atoms with Crippen molar-refractivity contribution in [3.05, 3.63) is 35.4 Å². The van der Waals surface area contributed by atoms with Crippen LogP contribution in [0, 0.1) is 12.3 Å². The zero-order chi connectivity index (χ0) is 9.68. The van der Waals surface area contributed by atoms with Gasteiger partial charge in [0.1, 0.15) is 0 Å². The Bertz CT molecular complexity index is 330. The molecule has 0 aliphatic rings. The summed E-state index contributed by atoms with van der Waals surface area (Å²) in [5.41, 5.74) is 1.72. The maximum atomic E-state index is 10.9. The summed E-state index contributed by atoms with van der Waals surface area (Å²) in [7, 11) is 1.37. The molecule has 0 radical (unpaired) electrons. The van der Waals surface area contributed by atoms with Crippen LogP contribution in [0.4, 0.5) is 0 Å². The van der Waals surface area contributed by atoms with Gasteiger partial charge in [0, 0.05) is 5.56 Å². The smallest absolute Gasteiger partial charge is 0.309 e. The normalized spacial score (nSPS) is 8.92. The summed E-state index contributed by atoms with van der Waals surface area (Å²) in [4.78, 5) is 10.9. The molecule has 0 N–H and O–H groups in total. The van der Waals surface area contributed by atoms with Gasteiger partial charge < -0.3 is 4.74 Å². The van der Waals surface area contributed by atoms with Crippen LogP contribution in [0.25, 0.3) is 0 Å². The molecule has 0 aliphatic carbocycles. The molecule has 0 bridgehead atoms. The summed E-state index contributed by atoms with van der Waals surface area (Å²) in [6, 6.07) is 7.26. The number of rotatable bonds is 2. The molecule has 0 atom stereocenters. The van der Waals surface area contributed by atoms with Crippen LogP contribution in [0.1, 0.15) is 11.1 Å². The third-order valence-electron chi connectivity index (χ3n) is 1.70. The van der Waals surface area contributed by atoms with Gasteiger partial charge in [-0.3, -0.25) is 4.79 Å². The Morgan fingerprint density at radius 2 is 2.08 bits per heavy atom. The SMILES string of the molecule is C#Cc1ccc(CC(=O)OC)cc1. The summed E-state index contributed by atoms with van der Waals surface area (Å²) in [5.74, 6) is 2.26. The molecule has 66 valence electrons. The maximum Gasteiger partial charge on any atom is 0.309 e. The number of hydrogen-bond acceptors (Lipinski definition) is 2. The monoisotopic (exact) mass is 174 g/mol. The topological polar surface area (TPSA) is 26.3 Å². The van der Waals surface area contributed by atoms with Gasteiger partial charge in [-0.05, 0) is 17.7 Å². The fourth-order valence-corrected chi connectivity index (χ4v) is 0.958. The van der Waals surface area contributed by atoms with Crippen molar-refractivity contribution in [2.45, 2.75) is 6.42 Å².